The fraction of sp³-hybridized carbons (Fsp3) is 0.423. The van der Waals surface area contributed by atoms with Gasteiger partial charge in [-0.15, -0.1) is 0 Å². The van der Waals surface area contributed by atoms with Crippen molar-refractivity contribution in [1.29, 1.82) is 0 Å². The summed E-state index contributed by atoms with van der Waals surface area (Å²) >= 11 is 0. The molecule has 34 heavy (non-hydrogen) atoms. The predicted molar refractivity (Wildman–Crippen MR) is 129 cm³/mol. The van der Waals surface area contributed by atoms with Crippen molar-refractivity contribution in [3.8, 4) is 5.75 Å². The fourth-order valence-electron chi connectivity index (χ4n) is 5.27. The molecule has 1 aliphatic carbocycles. The molecule has 1 spiro atoms. The molecule has 178 valence electrons. The molecule has 1 unspecified atom stereocenters. The maximum atomic E-state index is 13.2. The second-order valence-corrected chi connectivity index (χ2v) is 9.44. The number of carbonyl (C=O) groups is 2. The molecule has 1 atom stereocenters. The van der Waals surface area contributed by atoms with Gasteiger partial charge < -0.3 is 20.1 Å². The van der Waals surface area contributed by atoms with Crippen LogP contribution in [-0.4, -0.2) is 34.6 Å². The molecule has 1 saturated carbocycles. The van der Waals surface area contributed by atoms with E-state index >= 15 is 0 Å². The third-order valence-corrected chi connectivity index (χ3v) is 7.18. The Morgan fingerprint density at radius 1 is 1.15 bits per heavy atom. The van der Waals surface area contributed by atoms with Crippen molar-refractivity contribution in [1.82, 2.24) is 15.1 Å². The molecule has 0 saturated heterocycles. The summed E-state index contributed by atoms with van der Waals surface area (Å²) < 4.78 is 12.5. The van der Waals surface area contributed by atoms with E-state index in [1.807, 2.05) is 0 Å². The number of methoxy groups -OCH3 is 1. The standard InChI is InChI=1S/C26H30N4O4/c1-16-12-18-21(14-26(10-5-4-6-11-26)34-23(18)13-17(16)2)29-24(31)28-20-8-7-9-22-19(20)15-27-30(22)25(32)33-3/h7-9,12-13,15,21H,4-6,10-11,14H2,1-3H3,(H2,28,29,31). The first-order valence-corrected chi connectivity index (χ1v) is 11.8. The van der Waals surface area contributed by atoms with Crippen molar-refractivity contribution in [3.63, 3.8) is 0 Å². The summed E-state index contributed by atoms with van der Waals surface area (Å²) in [7, 11) is 1.30. The largest absolute Gasteiger partial charge is 0.487 e. The fourth-order valence-corrected chi connectivity index (χ4v) is 5.27. The van der Waals surface area contributed by atoms with Crippen LogP contribution in [0.25, 0.3) is 10.9 Å². The molecule has 1 fully saturated rings. The molecule has 3 aromatic rings. The van der Waals surface area contributed by atoms with E-state index in [0.717, 1.165) is 43.4 Å². The van der Waals surface area contributed by atoms with Gasteiger partial charge in [0, 0.05) is 17.4 Å². The van der Waals surface area contributed by atoms with E-state index < -0.39 is 6.09 Å². The van der Waals surface area contributed by atoms with Gasteiger partial charge in [-0.05, 0) is 68.9 Å². The number of rotatable bonds is 2. The smallest absolute Gasteiger partial charge is 0.434 e. The molecule has 2 N–H and O–H groups in total. The molecule has 8 nitrogen and oxygen atoms in total. The number of amides is 2. The Morgan fingerprint density at radius 3 is 2.68 bits per heavy atom. The minimum atomic E-state index is -0.584. The van der Waals surface area contributed by atoms with Gasteiger partial charge >= 0.3 is 12.1 Å². The van der Waals surface area contributed by atoms with Crippen molar-refractivity contribution in [2.24, 2.45) is 0 Å². The number of hydrogen-bond acceptors (Lipinski definition) is 5. The van der Waals surface area contributed by atoms with Gasteiger partial charge in [-0.3, -0.25) is 0 Å². The number of aromatic nitrogens is 2. The van der Waals surface area contributed by atoms with Crippen LogP contribution >= 0.6 is 0 Å². The molecule has 8 heteroatoms. The number of anilines is 1. The summed E-state index contributed by atoms with van der Waals surface area (Å²) in [4.78, 5) is 25.1. The maximum absolute atomic E-state index is 13.2. The lowest BCUT2D eigenvalue weighted by atomic mass is 9.76. The van der Waals surface area contributed by atoms with Crippen molar-refractivity contribution in [2.75, 3.05) is 12.4 Å². The highest BCUT2D eigenvalue weighted by molar-refractivity contribution is 6.02. The first kappa shape index (κ1) is 22.3. The second-order valence-electron chi connectivity index (χ2n) is 9.44. The highest BCUT2D eigenvalue weighted by Crippen LogP contribution is 2.47. The number of ether oxygens (including phenoxy) is 2. The summed E-state index contributed by atoms with van der Waals surface area (Å²) in [6.07, 6.45) is 7.24. The van der Waals surface area contributed by atoms with Gasteiger partial charge in [0.2, 0.25) is 0 Å². The van der Waals surface area contributed by atoms with E-state index in [9.17, 15) is 9.59 Å². The number of nitrogens with zero attached hydrogens (tertiary/aromatic N) is 2. The monoisotopic (exact) mass is 462 g/mol. The number of carbonyl (C=O) groups excluding carboxylic acids is 2. The van der Waals surface area contributed by atoms with Gasteiger partial charge in [0.15, 0.2) is 0 Å². The Kier molecular flexibility index (Phi) is 5.67. The molecule has 2 aromatic carbocycles. The molecule has 0 bridgehead atoms. The summed E-state index contributed by atoms with van der Waals surface area (Å²) in [5.74, 6) is 0.878. The SMILES string of the molecule is COC(=O)n1ncc2c(NC(=O)NC3CC4(CCCCC4)Oc4cc(C)c(C)cc43)cccc21. The van der Waals surface area contributed by atoms with Crippen LogP contribution < -0.4 is 15.4 Å². The molecule has 5 rings (SSSR count). The number of urea groups is 1. The lowest BCUT2D eigenvalue weighted by molar-refractivity contribution is -0.00108. The van der Waals surface area contributed by atoms with E-state index in [2.05, 4.69) is 41.7 Å². The van der Waals surface area contributed by atoms with Crippen LogP contribution in [0.1, 0.15) is 61.3 Å². The van der Waals surface area contributed by atoms with E-state index in [-0.39, 0.29) is 17.7 Å². The number of hydrogen-bond donors (Lipinski definition) is 2. The average Bonchev–Trinajstić information content (AvgIpc) is 3.26. The molecule has 2 heterocycles. The van der Waals surface area contributed by atoms with E-state index in [1.54, 1.807) is 24.4 Å². The lowest BCUT2D eigenvalue weighted by Crippen LogP contribution is -2.47. The summed E-state index contributed by atoms with van der Waals surface area (Å²) in [6, 6.07) is 9.10. The van der Waals surface area contributed by atoms with Crippen molar-refractivity contribution in [2.45, 2.75) is 64.0 Å². The minimum Gasteiger partial charge on any atom is -0.487 e. The third kappa shape index (κ3) is 3.97. The minimum absolute atomic E-state index is 0.154. The molecule has 0 radical (unpaired) electrons. The highest BCUT2D eigenvalue weighted by atomic mass is 16.5. The van der Waals surface area contributed by atoms with Crippen LogP contribution in [0.5, 0.6) is 5.75 Å². The Hall–Kier alpha value is -3.55. The first-order chi connectivity index (χ1) is 16.4. The summed E-state index contributed by atoms with van der Waals surface area (Å²) in [6.45, 7) is 4.17. The van der Waals surface area contributed by atoms with E-state index in [0.29, 0.717) is 16.6 Å². The van der Waals surface area contributed by atoms with Crippen LogP contribution in [0.2, 0.25) is 0 Å². The van der Waals surface area contributed by atoms with Crippen LogP contribution in [-0.2, 0) is 4.74 Å². The zero-order valence-corrected chi connectivity index (χ0v) is 19.8. The predicted octanol–water partition coefficient (Wildman–Crippen LogP) is 5.62. The van der Waals surface area contributed by atoms with Crippen molar-refractivity contribution in [3.05, 3.63) is 53.2 Å². The topological polar surface area (TPSA) is 94.5 Å². The van der Waals surface area contributed by atoms with Crippen molar-refractivity contribution >= 4 is 28.7 Å². The second kappa shape index (κ2) is 8.66. The maximum Gasteiger partial charge on any atom is 0.434 e. The number of nitrogens with one attached hydrogen (secondary N) is 2. The average molecular weight is 463 g/mol. The van der Waals surface area contributed by atoms with Gasteiger partial charge in [0.25, 0.3) is 0 Å². The van der Waals surface area contributed by atoms with Gasteiger partial charge in [0.05, 0.1) is 30.6 Å². The molecule has 1 aliphatic heterocycles. The van der Waals surface area contributed by atoms with E-state index in [4.69, 9.17) is 9.47 Å². The van der Waals surface area contributed by atoms with Crippen LogP contribution in [0, 0.1) is 13.8 Å². The van der Waals surface area contributed by atoms with Gasteiger partial charge in [-0.2, -0.15) is 9.78 Å². The van der Waals surface area contributed by atoms with Crippen LogP contribution in [0.4, 0.5) is 15.3 Å². The van der Waals surface area contributed by atoms with Crippen LogP contribution in [0.3, 0.4) is 0 Å². The third-order valence-electron chi connectivity index (χ3n) is 7.18. The van der Waals surface area contributed by atoms with E-state index in [1.165, 1.54) is 29.3 Å². The zero-order valence-electron chi connectivity index (χ0n) is 19.8. The molecule has 2 amide bonds. The Labute approximate surface area is 198 Å². The van der Waals surface area contributed by atoms with Gasteiger partial charge in [-0.1, -0.05) is 18.6 Å². The lowest BCUT2D eigenvalue weighted by Gasteiger charge is -2.45. The number of benzene rings is 2. The number of aryl methyl sites for hydroxylation is 2. The normalized spacial score (nSPS) is 18.7. The molecular formula is C26H30N4O4. The van der Waals surface area contributed by atoms with Gasteiger partial charge in [-0.25, -0.2) is 9.59 Å². The zero-order chi connectivity index (χ0) is 23.9. The van der Waals surface area contributed by atoms with Crippen molar-refractivity contribution < 1.29 is 19.1 Å². The summed E-state index contributed by atoms with van der Waals surface area (Å²) in [5, 5.41) is 10.9. The quantitative estimate of drug-likeness (QED) is 0.516. The Morgan fingerprint density at radius 2 is 1.91 bits per heavy atom. The highest BCUT2D eigenvalue weighted by Gasteiger charge is 2.42. The molecule has 2 aliphatic rings. The van der Waals surface area contributed by atoms with Gasteiger partial charge in [0.1, 0.15) is 11.4 Å². The Bertz CT molecular complexity index is 1260. The molecule has 1 aromatic heterocycles. The first-order valence-electron chi connectivity index (χ1n) is 11.8. The molecular weight excluding hydrogens is 432 g/mol. The number of fused-ring (bicyclic) bond motifs is 2. The summed E-state index contributed by atoms with van der Waals surface area (Å²) in [5.41, 5.74) is 4.29. The van der Waals surface area contributed by atoms with Crippen LogP contribution in [0.15, 0.2) is 36.5 Å². The Balaban J connectivity index is 1.41.